The molecule has 2 aromatic rings. The van der Waals surface area contributed by atoms with E-state index in [0.717, 1.165) is 12.1 Å². The average molecular weight is 360 g/mol. The van der Waals surface area contributed by atoms with E-state index >= 15 is 0 Å². The third-order valence-corrected chi connectivity index (χ3v) is 4.57. The van der Waals surface area contributed by atoms with Gasteiger partial charge in [0.1, 0.15) is 11.6 Å². The monoisotopic (exact) mass is 360 g/mol. The van der Waals surface area contributed by atoms with Crippen molar-refractivity contribution in [3.8, 4) is 0 Å². The Kier molecular flexibility index (Phi) is 5.27. The normalized spacial score (nSPS) is 15.9. The number of hydrogen-bond acceptors (Lipinski definition) is 3. The van der Waals surface area contributed by atoms with Crippen LogP contribution in [-0.2, 0) is 14.9 Å². The first-order valence-corrected chi connectivity index (χ1v) is 8.21. The van der Waals surface area contributed by atoms with Crippen molar-refractivity contribution in [3.63, 3.8) is 0 Å². The minimum absolute atomic E-state index is 0.217. The molecule has 0 spiro atoms. The fourth-order valence-corrected chi connectivity index (χ4v) is 3.04. The molecule has 1 aliphatic rings. The van der Waals surface area contributed by atoms with Crippen molar-refractivity contribution in [2.24, 2.45) is 0 Å². The zero-order valence-electron chi connectivity index (χ0n) is 13.9. The summed E-state index contributed by atoms with van der Waals surface area (Å²) in [5.41, 5.74) is 4.75. The van der Waals surface area contributed by atoms with Crippen molar-refractivity contribution < 1.29 is 23.1 Å². The van der Waals surface area contributed by atoms with Crippen molar-refractivity contribution in [2.45, 2.75) is 18.3 Å². The summed E-state index contributed by atoms with van der Waals surface area (Å²) in [6, 6.07) is 10.7. The zero-order chi connectivity index (χ0) is 18.6. The van der Waals surface area contributed by atoms with Gasteiger partial charge in [0.25, 0.3) is 5.91 Å². The smallest absolute Gasteiger partial charge is 0.269 e. The molecule has 26 heavy (non-hydrogen) atoms. The summed E-state index contributed by atoms with van der Waals surface area (Å²) in [6.07, 6.45) is 0.827. The number of ether oxygens (including phenoxy) is 1. The summed E-state index contributed by atoms with van der Waals surface area (Å²) in [5, 5.41) is 0. The predicted octanol–water partition coefficient (Wildman–Crippen LogP) is 2.47. The molecule has 3 rings (SSSR count). The fraction of sp³-hybridized carbons (Fsp3) is 0.263. The predicted molar refractivity (Wildman–Crippen MR) is 90.1 cm³/mol. The van der Waals surface area contributed by atoms with Crippen LogP contribution in [0.2, 0.25) is 0 Å². The lowest BCUT2D eigenvalue weighted by molar-refractivity contribution is -0.131. The minimum atomic E-state index is -0.915. The van der Waals surface area contributed by atoms with Gasteiger partial charge in [-0.3, -0.25) is 20.4 Å². The summed E-state index contributed by atoms with van der Waals surface area (Å²) in [7, 11) is 0. The van der Waals surface area contributed by atoms with Crippen LogP contribution >= 0.6 is 0 Å². The number of amides is 2. The second kappa shape index (κ2) is 7.61. The van der Waals surface area contributed by atoms with Crippen molar-refractivity contribution in [1.82, 2.24) is 10.9 Å². The molecule has 7 heteroatoms. The van der Waals surface area contributed by atoms with Crippen LogP contribution in [0.15, 0.2) is 48.5 Å². The van der Waals surface area contributed by atoms with Gasteiger partial charge in [-0.2, -0.15) is 0 Å². The van der Waals surface area contributed by atoms with E-state index in [9.17, 15) is 18.4 Å². The molecule has 0 radical (unpaired) electrons. The van der Waals surface area contributed by atoms with E-state index in [4.69, 9.17) is 4.74 Å². The topological polar surface area (TPSA) is 67.4 Å². The molecule has 1 aliphatic heterocycles. The lowest BCUT2D eigenvalue weighted by Crippen LogP contribution is -2.53. The highest BCUT2D eigenvalue weighted by Gasteiger charge is 2.42. The van der Waals surface area contributed by atoms with Crippen molar-refractivity contribution >= 4 is 11.8 Å². The van der Waals surface area contributed by atoms with Gasteiger partial charge >= 0.3 is 0 Å². The molecule has 0 bridgehead atoms. The van der Waals surface area contributed by atoms with Gasteiger partial charge in [-0.1, -0.05) is 12.1 Å². The second-order valence-corrected chi connectivity index (χ2v) is 6.12. The molecule has 0 unspecified atom stereocenters. The van der Waals surface area contributed by atoms with Gasteiger partial charge in [0.05, 0.1) is 5.41 Å². The van der Waals surface area contributed by atoms with Gasteiger partial charge in [0, 0.05) is 18.8 Å². The molecule has 1 fully saturated rings. The summed E-state index contributed by atoms with van der Waals surface area (Å²) >= 11 is 0. The molecule has 2 amide bonds. The van der Waals surface area contributed by atoms with Gasteiger partial charge in [0.2, 0.25) is 5.91 Å². The Hall–Kier alpha value is -2.80. The number of nitrogens with one attached hydrogen (secondary N) is 2. The van der Waals surface area contributed by atoms with E-state index in [-0.39, 0.29) is 11.4 Å². The first-order valence-electron chi connectivity index (χ1n) is 8.21. The number of rotatable bonds is 3. The summed E-state index contributed by atoms with van der Waals surface area (Å²) in [5.74, 6) is -1.80. The third-order valence-electron chi connectivity index (χ3n) is 4.57. The van der Waals surface area contributed by atoms with Crippen LogP contribution in [0.5, 0.6) is 0 Å². The molecular weight excluding hydrogens is 342 g/mol. The Morgan fingerprint density at radius 2 is 1.38 bits per heavy atom. The van der Waals surface area contributed by atoms with Crippen LogP contribution < -0.4 is 10.9 Å². The van der Waals surface area contributed by atoms with Crippen LogP contribution in [0.4, 0.5) is 8.78 Å². The van der Waals surface area contributed by atoms with Gasteiger partial charge in [-0.25, -0.2) is 8.78 Å². The number of benzene rings is 2. The molecule has 1 heterocycles. The molecular formula is C19H18F2N2O3. The quantitative estimate of drug-likeness (QED) is 0.827. The molecule has 0 aliphatic carbocycles. The molecule has 0 saturated carbocycles. The Bertz CT molecular complexity index is 785. The van der Waals surface area contributed by atoms with E-state index < -0.39 is 23.0 Å². The molecule has 136 valence electrons. The summed E-state index contributed by atoms with van der Waals surface area (Å²) < 4.78 is 31.5. The van der Waals surface area contributed by atoms with Crippen LogP contribution in [0.3, 0.4) is 0 Å². The molecule has 5 nitrogen and oxygen atoms in total. The van der Waals surface area contributed by atoms with Gasteiger partial charge in [-0.05, 0) is 54.8 Å². The highest BCUT2D eigenvalue weighted by molar-refractivity contribution is 5.96. The average Bonchev–Trinajstić information content (AvgIpc) is 2.67. The summed E-state index contributed by atoms with van der Waals surface area (Å²) in [6.45, 7) is 0.771. The molecule has 2 aromatic carbocycles. The number of hydrazine groups is 1. The SMILES string of the molecule is O=C(NNC(=O)C1(c2ccc(F)cc2)CCOCC1)c1ccc(F)cc1. The zero-order valence-corrected chi connectivity index (χ0v) is 13.9. The highest BCUT2D eigenvalue weighted by atomic mass is 19.1. The lowest BCUT2D eigenvalue weighted by atomic mass is 9.73. The Labute approximate surface area is 149 Å². The van der Waals surface area contributed by atoms with Gasteiger partial charge in [0.15, 0.2) is 0 Å². The molecule has 0 aromatic heterocycles. The third kappa shape index (κ3) is 3.72. The summed E-state index contributed by atoms with van der Waals surface area (Å²) in [4.78, 5) is 25.0. The van der Waals surface area contributed by atoms with Crippen LogP contribution in [0, 0.1) is 11.6 Å². The maximum atomic E-state index is 13.2. The lowest BCUT2D eigenvalue weighted by Gasteiger charge is -2.36. The first kappa shape index (κ1) is 18.0. The number of carbonyl (C=O) groups excluding carboxylic acids is 2. The minimum Gasteiger partial charge on any atom is -0.381 e. The van der Waals surface area contributed by atoms with Crippen molar-refractivity contribution in [2.75, 3.05) is 13.2 Å². The van der Waals surface area contributed by atoms with Crippen molar-refractivity contribution in [1.29, 1.82) is 0 Å². The van der Waals surface area contributed by atoms with E-state index in [2.05, 4.69) is 10.9 Å². The molecule has 0 atom stereocenters. The van der Waals surface area contributed by atoms with Crippen LogP contribution in [0.25, 0.3) is 0 Å². The van der Waals surface area contributed by atoms with Crippen LogP contribution in [-0.4, -0.2) is 25.0 Å². The second-order valence-electron chi connectivity index (χ2n) is 6.12. The molecule has 2 N–H and O–H groups in total. The standard InChI is InChI=1S/C19H18F2N2O3/c20-15-5-1-13(2-6-15)17(24)22-23-18(25)19(9-11-26-12-10-19)14-3-7-16(21)8-4-14/h1-8H,9-12H2,(H,22,24)(H,23,25). The number of hydrogen-bond donors (Lipinski definition) is 2. The maximum Gasteiger partial charge on any atom is 0.269 e. The molecule has 1 saturated heterocycles. The van der Waals surface area contributed by atoms with E-state index in [1.807, 2.05) is 0 Å². The fourth-order valence-electron chi connectivity index (χ4n) is 3.04. The van der Waals surface area contributed by atoms with Gasteiger partial charge in [-0.15, -0.1) is 0 Å². The number of carbonyl (C=O) groups is 2. The van der Waals surface area contributed by atoms with E-state index in [0.29, 0.717) is 31.6 Å². The van der Waals surface area contributed by atoms with Crippen LogP contribution in [0.1, 0.15) is 28.8 Å². The van der Waals surface area contributed by atoms with Crippen molar-refractivity contribution in [3.05, 3.63) is 71.3 Å². The Balaban J connectivity index is 1.74. The maximum absolute atomic E-state index is 13.2. The first-order chi connectivity index (χ1) is 12.5. The van der Waals surface area contributed by atoms with E-state index in [1.165, 1.54) is 24.3 Å². The van der Waals surface area contributed by atoms with Gasteiger partial charge < -0.3 is 4.74 Å². The number of halogens is 2. The Morgan fingerprint density at radius 1 is 0.846 bits per heavy atom. The Morgan fingerprint density at radius 3 is 1.96 bits per heavy atom. The highest BCUT2D eigenvalue weighted by Crippen LogP contribution is 2.35. The van der Waals surface area contributed by atoms with E-state index in [1.54, 1.807) is 12.1 Å². The largest absolute Gasteiger partial charge is 0.381 e.